The van der Waals surface area contributed by atoms with Crippen molar-refractivity contribution in [2.24, 2.45) is 0 Å². The zero-order chi connectivity index (χ0) is 14.5. The predicted molar refractivity (Wildman–Crippen MR) is 66.3 cm³/mol. The average Bonchev–Trinajstić information content (AvgIpc) is 2.75. The maximum atomic E-state index is 11.2. The highest BCUT2D eigenvalue weighted by molar-refractivity contribution is 5.86. The molecule has 0 saturated carbocycles. The van der Waals surface area contributed by atoms with Gasteiger partial charge in [0.2, 0.25) is 0 Å². The van der Waals surface area contributed by atoms with Crippen LogP contribution in [0.4, 0.5) is 0 Å². The summed E-state index contributed by atoms with van der Waals surface area (Å²) in [6.45, 7) is 7.25. The van der Waals surface area contributed by atoms with Gasteiger partial charge in [0.15, 0.2) is 5.79 Å². The SMILES string of the molecule is C=C(C)C(=O)OCC1COC(C)(CCC(=O)OC)O1. The Morgan fingerprint density at radius 3 is 2.74 bits per heavy atom. The number of esters is 2. The highest BCUT2D eigenvalue weighted by atomic mass is 16.7. The predicted octanol–water partition coefficient (Wildman–Crippen LogP) is 1.19. The summed E-state index contributed by atoms with van der Waals surface area (Å²) < 4.78 is 20.7. The second-order valence-electron chi connectivity index (χ2n) is 4.64. The number of carbonyl (C=O) groups is 2. The molecular weight excluding hydrogens is 252 g/mol. The average molecular weight is 272 g/mol. The van der Waals surface area contributed by atoms with Crippen molar-refractivity contribution in [2.45, 2.75) is 38.6 Å². The van der Waals surface area contributed by atoms with Gasteiger partial charge in [0.1, 0.15) is 12.7 Å². The molecule has 0 aromatic rings. The smallest absolute Gasteiger partial charge is 0.333 e. The van der Waals surface area contributed by atoms with Crippen LogP contribution in [-0.4, -0.2) is 44.2 Å². The van der Waals surface area contributed by atoms with Crippen LogP contribution < -0.4 is 0 Å². The fraction of sp³-hybridized carbons (Fsp3) is 0.692. The summed E-state index contributed by atoms with van der Waals surface area (Å²) in [4.78, 5) is 22.3. The summed E-state index contributed by atoms with van der Waals surface area (Å²) in [6, 6.07) is 0. The van der Waals surface area contributed by atoms with Crippen molar-refractivity contribution >= 4 is 11.9 Å². The van der Waals surface area contributed by atoms with Gasteiger partial charge in [0.25, 0.3) is 0 Å². The van der Waals surface area contributed by atoms with Crippen LogP contribution in [0.2, 0.25) is 0 Å². The Morgan fingerprint density at radius 1 is 1.47 bits per heavy atom. The molecule has 1 aliphatic heterocycles. The van der Waals surface area contributed by atoms with E-state index in [9.17, 15) is 9.59 Å². The normalized spacial score (nSPS) is 25.9. The highest BCUT2D eigenvalue weighted by Crippen LogP contribution is 2.28. The number of rotatable bonds is 6. The van der Waals surface area contributed by atoms with Gasteiger partial charge in [0, 0.05) is 12.0 Å². The molecule has 0 aromatic heterocycles. The van der Waals surface area contributed by atoms with Gasteiger partial charge in [-0.25, -0.2) is 4.79 Å². The summed E-state index contributed by atoms with van der Waals surface area (Å²) >= 11 is 0. The number of hydrogen-bond acceptors (Lipinski definition) is 6. The Kier molecular flexibility index (Phi) is 5.50. The zero-order valence-electron chi connectivity index (χ0n) is 11.6. The molecule has 1 heterocycles. The molecular formula is C13H20O6. The van der Waals surface area contributed by atoms with Crippen LogP contribution in [0, 0.1) is 0 Å². The number of hydrogen-bond donors (Lipinski definition) is 0. The maximum absolute atomic E-state index is 11.2. The zero-order valence-corrected chi connectivity index (χ0v) is 11.6. The second kappa shape index (κ2) is 6.68. The van der Waals surface area contributed by atoms with Crippen molar-refractivity contribution in [2.75, 3.05) is 20.3 Å². The third-order valence-corrected chi connectivity index (χ3v) is 2.75. The van der Waals surface area contributed by atoms with E-state index in [1.807, 2.05) is 0 Å². The van der Waals surface area contributed by atoms with Gasteiger partial charge in [0.05, 0.1) is 20.1 Å². The van der Waals surface area contributed by atoms with Gasteiger partial charge in [-0.05, 0) is 13.8 Å². The van der Waals surface area contributed by atoms with Crippen molar-refractivity contribution in [1.29, 1.82) is 0 Å². The van der Waals surface area contributed by atoms with Crippen molar-refractivity contribution in [3.63, 3.8) is 0 Å². The van der Waals surface area contributed by atoms with E-state index >= 15 is 0 Å². The standard InChI is InChI=1S/C13H20O6/c1-9(2)12(15)17-7-10-8-18-13(3,19-10)6-5-11(14)16-4/h10H,1,5-8H2,2-4H3. The maximum Gasteiger partial charge on any atom is 0.333 e. The molecule has 0 spiro atoms. The first-order chi connectivity index (χ1) is 8.86. The van der Waals surface area contributed by atoms with E-state index < -0.39 is 11.8 Å². The molecule has 2 atom stereocenters. The summed E-state index contributed by atoms with van der Waals surface area (Å²) in [7, 11) is 1.33. The molecule has 0 aliphatic carbocycles. The Balaban J connectivity index is 2.33. The van der Waals surface area contributed by atoms with Gasteiger partial charge < -0.3 is 18.9 Å². The number of carbonyl (C=O) groups excluding carboxylic acids is 2. The van der Waals surface area contributed by atoms with E-state index in [0.29, 0.717) is 18.6 Å². The van der Waals surface area contributed by atoms with Crippen LogP contribution >= 0.6 is 0 Å². The van der Waals surface area contributed by atoms with Crippen LogP contribution in [-0.2, 0) is 28.5 Å². The van der Waals surface area contributed by atoms with Crippen molar-refractivity contribution in [1.82, 2.24) is 0 Å². The first-order valence-corrected chi connectivity index (χ1v) is 6.07. The third kappa shape index (κ3) is 5.00. The van der Waals surface area contributed by atoms with Gasteiger partial charge in [-0.3, -0.25) is 4.79 Å². The van der Waals surface area contributed by atoms with Crippen molar-refractivity contribution in [3.8, 4) is 0 Å². The number of methoxy groups -OCH3 is 1. The summed E-state index contributed by atoms with van der Waals surface area (Å²) in [5.74, 6) is -1.61. The van der Waals surface area contributed by atoms with E-state index in [-0.39, 0.29) is 25.1 Å². The van der Waals surface area contributed by atoms with E-state index in [4.69, 9.17) is 14.2 Å². The van der Waals surface area contributed by atoms with Gasteiger partial charge in [-0.15, -0.1) is 0 Å². The van der Waals surface area contributed by atoms with Crippen molar-refractivity contribution < 1.29 is 28.5 Å². The largest absolute Gasteiger partial charge is 0.469 e. The molecule has 0 amide bonds. The van der Waals surface area contributed by atoms with Crippen LogP contribution in [0.1, 0.15) is 26.7 Å². The molecule has 1 fully saturated rings. The first-order valence-electron chi connectivity index (χ1n) is 6.07. The fourth-order valence-electron chi connectivity index (χ4n) is 1.63. The van der Waals surface area contributed by atoms with Crippen LogP contribution in [0.3, 0.4) is 0 Å². The van der Waals surface area contributed by atoms with Crippen molar-refractivity contribution in [3.05, 3.63) is 12.2 Å². The molecule has 6 nitrogen and oxygen atoms in total. The molecule has 0 N–H and O–H groups in total. The van der Waals surface area contributed by atoms with Crippen LogP contribution in [0.5, 0.6) is 0 Å². The molecule has 0 aromatic carbocycles. The Bertz CT molecular complexity index is 364. The molecule has 6 heteroatoms. The van der Waals surface area contributed by atoms with Crippen LogP contribution in [0.15, 0.2) is 12.2 Å². The van der Waals surface area contributed by atoms with Gasteiger partial charge >= 0.3 is 11.9 Å². The molecule has 108 valence electrons. The van der Waals surface area contributed by atoms with E-state index in [2.05, 4.69) is 11.3 Å². The highest BCUT2D eigenvalue weighted by Gasteiger charge is 2.38. The molecule has 0 radical (unpaired) electrons. The third-order valence-electron chi connectivity index (χ3n) is 2.75. The molecule has 19 heavy (non-hydrogen) atoms. The summed E-state index contributed by atoms with van der Waals surface area (Å²) in [5.41, 5.74) is 0.340. The monoisotopic (exact) mass is 272 g/mol. The Labute approximate surface area is 112 Å². The van der Waals surface area contributed by atoms with Gasteiger partial charge in [-0.1, -0.05) is 6.58 Å². The Hall–Kier alpha value is -1.40. The molecule has 1 aliphatic rings. The topological polar surface area (TPSA) is 71.1 Å². The summed E-state index contributed by atoms with van der Waals surface area (Å²) in [6.07, 6.45) is 0.279. The minimum atomic E-state index is -0.839. The fourth-order valence-corrected chi connectivity index (χ4v) is 1.63. The van der Waals surface area contributed by atoms with E-state index in [1.54, 1.807) is 13.8 Å². The second-order valence-corrected chi connectivity index (χ2v) is 4.64. The lowest BCUT2D eigenvalue weighted by Gasteiger charge is -2.22. The lowest BCUT2D eigenvalue weighted by atomic mass is 10.2. The quantitative estimate of drug-likeness (QED) is 0.534. The summed E-state index contributed by atoms with van der Waals surface area (Å²) in [5, 5.41) is 0. The number of ether oxygens (including phenoxy) is 4. The molecule has 0 bridgehead atoms. The van der Waals surface area contributed by atoms with E-state index in [1.165, 1.54) is 7.11 Å². The molecule has 1 rings (SSSR count). The lowest BCUT2D eigenvalue weighted by Crippen LogP contribution is -2.29. The van der Waals surface area contributed by atoms with Gasteiger partial charge in [-0.2, -0.15) is 0 Å². The Morgan fingerprint density at radius 2 is 2.16 bits per heavy atom. The van der Waals surface area contributed by atoms with E-state index in [0.717, 1.165) is 0 Å². The first kappa shape index (κ1) is 15.7. The molecule has 1 saturated heterocycles. The lowest BCUT2D eigenvalue weighted by molar-refractivity contribution is -0.172. The minimum absolute atomic E-state index is 0.111. The molecule has 2 unspecified atom stereocenters. The van der Waals surface area contributed by atoms with Crippen LogP contribution in [0.25, 0.3) is 0 Å². The minimum Gasteiger partial charge on any atom is -0.469 e.